The van der Waals surface area contributed by atoms with Gasteiger partial charge in [0, 0.05) is 23.2 Å². The molecule has 17 heavy (non-hydrogen) atoms. The Bertz CT molecular complexity index is 364. The van der Waals surface area contributed by atoms with Crippen LogP contribution in [0.15, 0.2) is 8.96 Å². The maximum absolute atomic E-state index is 10.2. The lowest BCUT2D eigenvalue weighted by Gasteiger charge is -2.41. The minimum absolute atomic E-state index is 0.642. The number of hydrogen-bond acceptors (Lipinski definition) is 4. The van der Waals surface area contributed by atoms with Gasteiger partial charge in [0.05, 0.1) is 0 Å². The van der Waals surface area contributed by atoms with Crippen molar-refractivity contribution in [2.45, 2.75) is 26.6 Å². The van der Waals surface area contributed by atoms with Crippen LogP contribution in [0.1, 0.15) is 0 Å². The summed E-state index contributed by atoms with van der Waals surface area (Å²) in [5.41, 5.74) is 0. The Morgan fingerprint density at radius 2 is 1.24 bits per heavy atom. The number of rotatable bonds is 2. The van der Waals surface area contributed by atoms with E-state index in [-0.39, 0.29) is 0 Å². The molecule has 4 nitrogen and oxygen atoms in total. The molecular weight excluding hydrogens is 492 g/mol. The topological polar surface area (TPSA) is 58.9 Å². The lowest BCUT2D eigenvalue weighted by Crippen LogP contribution is -2.57. The van der Waals surface area contributed by atoms with Crippen LogP contribution < -0.4 is 0 Å². The van der Waals surface area contributed by atoms with Crippen molar-refractivity contribution in [1.82, 2.24) is 0 Å². The summed E-state index contributed by atoms with van der Waals surface area (Å²) in [6.07, 6.45) is -2.17. The molecule has 0 aromatic carbocycles. The van der Waals surface area contributed by atoms with E-state index in [2.05, 4.69) is 63.7 Å². The van der Waals surface area contributed by atoms with Crippen molar-refractivity contribution in [3.63, 3.8) is 0 Å². The van der Waals surface area contributed by atoms with Crippen LogP contribution in [-0.2, 0) is 9.47 Å². The predicted molar refractivity (Wildman–Crippen MR) is 77.0 cm³/mol. The predicted octanol–water partition coefficient (Wildman–Crippen LogP) is 1.99. The Morgan fingerprint density at radius 1 is 0.941 bits per heavy atom. The maximum atomic E-state index is 10.2. The number of aliphatic hydroxyl groups excluding tert-OH is 2. The van der Waals surface area contributed by atoms with Crippen molar-refractivity contribution in [2.75, 3.05) is 14.2 Å². The van der Waals surface area contributed by atoms with Crippen molar-refractivity contribution < 1.29 is 19.7 Å². The summed E-state index contributed by atoms with van der Waals surface area (Å²) >= 11 is 13.7. The van der Waals surface area contributed by atoms with E-state index in [1.165, 1.54) is 14.2 Å². The van der Waals surface area contributed by atoms with E-state index in [4.69, 9.17) is 9.47 Å². The smallest absolute Gasteiger partial charge is 0.213 e. The standard InChI is InChI=1S/C9H10Br4O4/c1-16-9(17-2)7(12)3(10)4(11)8(9,13)6(15)5(7)14/h5-6,14-15H,1-2H3/t5-,6+,7-,8+. The van der Waals surface area contributed by atoms with E-state index in [9.17, 15) is 10.2 Å². The highest BCUT2D eigenvalue weighted by Gasteiger charge is 2.83. The minimum Gasteiger partial charge on any atom is -0.388 e. The van der Waals surface area contributed by atoms with Crippen LogP contribution in [-0.4, -0.2) is 51.1 Å². The van der Waals surface area contributed by atoms with Gasteiger partial charge in [-0.1, -0.05) is 63.7 Å². The zero-order valence-electron chi connectivity index (χ0n) is 8.88. The molecule has 0 unspecified atom stereocenters. The summed E-state index contributed by atoms with van der Waals surface area (Å²) in [5, 5.41) is 20.5. The molecule has 8 heteroatoms. The van der Waals surface area contributed by atoms with Crippen LogP contribution in [0, 0.1) is 0 Å². The molecule has 0 amide bonds. The fourth-order valence-corrected chi connectivity index (χ4v) is 7.22. The molecule has 2 bridgehead atoms. The first-order chi connectivity index (χ1) is 7.75. The third-order valence-corrected chi connectivity index (χ3v) is 9.89. The molecule has 1 fully saturated rings. The highest BCUT2D eigenvalue weighted by Crippen LogP contribution is 2.71. The number of fused-ring (bicyclic) bond motifs is 2. The lowest BCUT2D eigenvalue weighted by atomic mass is 10.0. The number of halogens is 4. The fraction of sp³-hybridized carbons (Fsp3) is 0.778. The molecule has 0 saturated heterocycles. The van der Waals surface area contributed by atoms with E-state index < -0.39 is 26.6 Å². The Kier molecular flexibility index (Phi) is 3.72. The Labute approximate surface area is 132 Å². The van der Waals surface area contributed by atoms with Crippen molar-refractivity contribution in [2.24, 2.45) is 0 Å². The molecule has 0 heterocycles. The van der Waals surface area contributed by atoms with Crippen LogP contribution in [0.4, 0.5) is 0 Å². The number of alkyl halides is 2. The first-order valence-corrected chi connectivity index (χ1v) is 7.83. The maximum Gasteiger partial charge on any atom is 0.213 e. The van der Waals surface area contributed by atoms with E-state index in [0.29, 0.717) is 8.96 Å². The Morgan fingerprint density at radius 3 is 1.41 bits per heavy atom. The van der Waals surface area contributed by atoms with Crippen LogP contribution in [0.2, 0.25) is 0 Å². The number of ether oxygens (including phenoxy) is 2. The van der Waals surface area contributed by atoms with Crippen molar-refractivity contribution in [3.05, 3.63) is 8.96 Å². The highest BCUT2D eigenvalue weighted by atomic mass is 79.9. The highest BCUT2D eigenvalue weighted by molar-refractivity contribution is 9.16. The molecule has 98 valence electrons. The molecule has 2 aliphatic rings. The SMILES string of the molecule is COC1(OC)[C@@]2(Br)C(Br)=C(Br)[C@]1(Br)[C@@H](O)[C@H]2O. The molecule has 0 spiro atoms. The third-order valence-electron chi connectivity index (χ3n) is 3.48. The van der Waals surface area contributed by atoms with E-state index >= 15 is 0 Å². The summed E-state index contributed by atoms with van der Waals surface area (Å²) in [6.45, 7) is 0. The summed E-state index contributed by atoms with van der Waals surface area (Å²) in [7, 11) is 2.93. The van der Waals surface area contributed by atoms with Crippen LogP contribution in [0.3, 0.4) is 0 Å². The van der Waals surface area contributed by atoms with Gasteiger partial charge >= 0.3 is 0 Å². The average Bonchev–Trinajstić information content (AvgIpc) is 2.54. The lowest BCUT2D eigenvalue weighted by molar-refractivity contribution is -0.217. The molecule has 0 aromatic heterocycles. The quantitative estimate of drug-likeness (QED) is 0.449. The van der Waals surface area contributed by atoms with Gasteiger partial charge in [-0.25, -0.2) is 0 Å². The van der Waals surface area contributed by atoms with E-state index in [1.807, 2.05) is 0 Å². The largest absolute Gasteiger partial charge is 0.388 e. The Hall–Kier alpha value is 1.50. The zero-order chi connectivity index (χ0) is 13.2. The molecular formula is C9H10Br4O4. The second kappa shape index (κ2) is 4.25. The third kappa shape index (κ3) is 1.27. The normalized spacial score (nSPS) is 48.0. The molecule has 2 aliphatic carbocycles. The number of methoxy groups -OCH3 is 2. The van der Waals surface area contributed by atoms with Gasteiger partial charge < -0.3 is 19.7 Å². The first kappa shape index (κ1) is 14.9. The molecule has 2 rings (SSSR count). The fourth-order valence-electron chi connectivity index (χ4n) is 2.63. The van der Waals surface area contributed by atoms with Crippen LogP contribution in [0.25, 0.3) is 0 Å². The second-order valence-corrected chi connectivity index (χ2v) is 8.05. The van der Waals surface area contributed by atoms with Gasteiger partial charge in [0.2, 0.25) is 5.79 Å². The molecule has 4 atom stereocenters. The van der Waals surface area contributed by atoms with Crippen molar-refractivity contribution in [1.29, 1.82) is 0 Å². The van der Waals surface area contributed by atoms with E-state index in [1.54, 1.807) is 0 Å². The molecule has 0 aliphatic heterocycles. The molecule has 0 radical (unpaired) electrons. The number of aliphatic hydroxyl groups is 2. The van der Waals surface area contributed by atoms with Crippen LogP contribution >= 0.6 is 63.7 Å². The molecule has 0 aromatic rings. The van der Waals surface area contributed by atoms with Crippen molar-refractivity contribution in [3.8, 4) is 0 Å². The van der Waals surface area contributed by atoms with Gasteiger partial charge in [-0.2, -0.15) is 0 Å². The average molecular weight is 502 g/mol. The summed E-state index contributed by atoms with van der Waals surface area (Å²) < 4.78 is 10.1. The molecule has 1 saturated carbocycles. The first-order valence-electron chi connectivity index (χ1n) is 4.66. The summed E-state index contributed by atoms with van der Waals surface area (Å²) in [6, 6.07) is 0. The van der Waals surface area contributed by atoms with Gasteiger partial charge in [-0.15, -0.1) is 0 Å². The second-order valence-electron chi connectivity index (χ2n) is 3.97. The summed E-state index contributed by atoms with van der Waals surface area (Å²) in [4.78, 5) is 0. The minimum atomic E-state index is -1.27. The number of hydrogen-bond donors (Lipinski definition) is 2. The van der Waals surface area contributed by atoms with Gasteiger partial charge in [0.1, 0.15) is 20.9 Å². The van der Waals surface area contributed by atoms with Crippen LogP contribution in [0.5, 0.6) is 0 Å². The van der Waals surface area contributed by atoms with Gasteiger partial charge in [0.25, 0.3) is 0 Å². The monoisotopic (exact) mass is 498 g/mol. The van der Waals surface area contributed by atoms with Gasteiger partial charge in [0.15, 0.2) is 0 Å². The summed E-state index contributed by atoms with van der Waals surface area (Å²) in [5.74, 6) is -1.27. The van der Waals surface area contributed by atoms with Crippen molar-refractivity contribution >= 4 is 63.7 Å². The molecule has 2 N–H and O–H groups in total. The van der Waals surface area contributed by atoms with Gasteiger partial charge in [-0.3, -0.25) is 0 Å². The van der Waals surface area contributed by atoms with E-state index in [0.717, 1.165) is 0 Å². The van der Waals surface area contributed by atoms with Gasteiger partial charge in [-0.05, 0) is 0 Å². The zero-order valence-corrected chi connectivity index (χ0v) is 15.2. The Balaban J connectivity index is 2.77.